The van der Waals surface area contributed by atoms with E-state index in [1.807, 2.05) is 6.20 Å². The van der Waals surface area contributed by atoms with Crippen molar-refractivity contribution in [3.8, 4) is 0 Å². The summed E-state index contributed by atoms with van der Waals surface area (Å²) in [5.74, 6) is 2.88. The Labute approximate surface area is 227 Å². The van der Waals surface area contributed by atoms with E-state index in [0.717, 1.165) is 37.7 Å². The number of carbonyl (C=O) groups excluding carboxylic acids is 1. The Morgan fingerprint density at radius 1 is 0.763 bits per heavy atom. The molecule has 3 saturated carbocycles. The first-order valence-electron chi connectivity index (χ1n) is 14.9. The number of Topliss-reactive ketones (excluding diaryl/α,β-unsaturated/α-hetero) is 1. The summed E-state index contributed by atoms with van der Waals surface area (Å²) in [6.07, 6.45) is 13.3. The number of ketones is 1. The van der Waals surface area contributed by atoms with Crippen LogP contribution in [0.25, 0.3) is 0 Å². The summed E-state index contributed by atoms with van der Waals surface area (Å²) >= 11 is 0. The number of hydrogen-bond donors (Lipinski definition) is 3. The third kappa shape index (κ3) is 5.20. The van der Waals surface area contributed by atoms with E-state index >= 15 is 0 Å². The summed E-state index contributed by atoms with van der Waals surface area (Å²) in [6, 6.07) is 21.1. The molecule has 2 aromatic carbocycles. The molecule has 0 saturated heterocycles. The molecule has 0 amide bonds. The molecule has 4 aliphatic rings. The summed E-state index contributed by atoms with van der Waals surface area (Å²) in [7, 11) is 0. The molecule has 38 heavy (non-hydrogen) atoms. The minimum absolute atomic E-state index is 0.0185. The number of fused-ring (bicyclic) bond motifs is 2. The van der Waals surface area contributed by atoms with Crippen LogP contribution in [0.3, 0.4) is 0 Å². The molecule has 0 aromatic heterocycles. The van der Waals surface area contributed by atoms with Gasteiger partial charge in [0.05, 0.1) is 17.8 Å². The van der Waals surface area contributed by atoms with Crippen molar-refractivity contribution < 1.29 is 9.90 Å². The monoisotopic (exact) mass is 510 g/mol. The van der Waals surface area contributed by atoms with E-state index in [9.17, 15) is 9.90 Å². The number of rotatable bonds is 8. The molecule has 4 aliphatic carbocycles. The zero-order chi connectivity index (χ0) is 25.9. The fourth-order valence-electron chi connectivity index (χ4n) is 7.80. The molecule has 4 heteroatoms. The number of hydrogen-bond acceptors (Lipinski definition) is 4. The van der Waals surface area contributed by atoms with Crippen LogP contribution < -0.4 is 10.6 Å². The fourth-order valence-corrected chi connectivity index (χ4v) is 7.80. The molecule has 0 bridgehead atoms. The Kier molecular flexibility index (Phi) is 7.69. The van der Waals surface area contributed by atoms with Crippen molar-refractivity contribution in [2.45, 2.75) is 76.3 Å². The average molecular weight is 511 g/mol. The third-order valence-corrected chi connectivity index (χ3v) is 9.91. The van der Waals surface area contributed by atoms with Gasteiger partial charge in [-0.25, -0.2) is 0 Å². The zero-order valence-electron chi connectivity index (χ0n) is 22.4. The molecule has 6 rings (SSSR count). The first-order valence-corrected chi connectivity index (χ1v) is 14.9. The minimum Gasteiger partial charge on any atom is -0.512 e. The Bertz CT molecular complexity index is 1170. The third-order valence-electron chi connectivity index (χ3n) is 9.91. The van der Waals surface area contributed by atoms with Crippen molar-refractivity contribution in [2.24, 2.45) is 23.7 Å². The van der Waals surface area contributed by atoms with Crippen LogP contribution >= 0.6 is 0 Å². The Hall–Kier alpha value is -2.85. The van der Waals surface area contributed by atoms with Gasteiger partial charge in [0.2, 0.25) is 0 Å². The standard InChI is InChI=1S/C34H42N2O2/c37-33-27(19-17-23-13-7-15-29(23)33)21-35-31(25-9-3-1-4-10-25)32(26-11-5-2-6-12-26)36-22-28-20-18-24-14-8-16-30(24)34(28)38/h1-6,9-12,21,23-24,29-32,35-36,38H,7-8,13-20,22H2/b27-21-/t23?,24?,29?,30?,31-,32+/m1/s1. The van der Waals surface area contributed by atoms with Gasteiger partial charge in [-0.3, -0.25) is 4.79 Å². The molecule has 0 heterocycles. The number of carbonyl (C=O) groups is 1. The zero-order valence-corrected chi connectivity index (χ0v) is 22.4. The van der Waals surface area contributed by atoms with Crippen LogP contribution in [0.1, 0.15) is 87.4 Å². The van der Waals surface area contributed by atoms with Gasteiger partial charge in [0.25, 0.3) is 0 Å². The molecule has 0 radical (unpaired) electrons. The van der Waals surface area contributed by atoms with Crippen molar-refractivity contribution >= 4 is 5.78 Å². The van der Waals surface area contributed by atoms with E-state index in [2.05, 4.69) is 71.3 Å². The summed E-state index contributed by atoms with van der Waals surface area (Å²) in [6.45, 7) is 0.679. The minimum atomic E-state index is -0.0502. The van der Waals surface area contributed by atoms with E-state index in [1.165, 1.54) is 48.8 Å². The van der Waals surface area contributed by atoms with Crippen molar-refractivity contribution in [3.05, 3.63) is 94.9 Å². The molecule has 0 spiro atoms. The van der Waals surface area contributed by atoms with Crippen LogP contribution in [0.2, 0.25) is 0 Å². The van der Waals surface area contributed by atoms with Crippen LogP contribution in [0.5, 0.6) is 0 Å². The van der Waals surface area contributed by atoms with E-state index in [1.54, 1.807) is 0 Å². The van der Waals surface area contributed by atoms with Gasteiger partial charge in [-0.05, 0) is 79.9 Å². The van der Waals surface area contributed by atoms with Gasteiger partial charge < -0.3 is 15.7 Å². The SMILES string of the molecule is O=C1/C(=C\N[C@H](c2ccccc2)[C@@H](NCC2=C(O)C3CCCC3CC2)c2ccccc2)CCC2CCCC12. The normalized spacial score (nSPS) is 29.7. The van der Waals surface area contributed by atoms with Crippen LogP contribution in [0.15, 0.2) is 83.8 Å². The molecule has 2 aromatic rings. The number of benzene rings is 2. The van der Waals surface area contributed by atoms with Crippen molar-refractivity contribution in [3.63, 3.8) is 0 Å². The number of aliphatic hydroxyl groups excluding tert-OH is 1. The maximum atomic E-state index is 13.3. The van der Waals surface area contributed by atoms with Crippen LogP contribution in [0, 0.1) is 23.7 Å². The first-order chi connectivity index (χ1) is 18.7. The number of aliphatic hydroxyl groups is 1. The van der Waals surface area contributed by atoms with E-state index < -0.39 is 0 Å². The van der Waals surface area contributed by atoms with Crippen molar-refractivity contribution in [2.75, 3.05) is 6.54 Å². The summed E-state index contributed by atoms with van der Waals surface area (Å²) in [5, 5.41) is 18.7. The second-order valence-corrected chi connectivity index (χ2v) is 12.0. The van der Waals surface area contributed by atoms with Gasteiger partial charge in [0, 0.05) is 30.2 Å². The van der Waals surface area contributed by atoms with Gasteiger partial charge in [0.15, 0.2) is 5.78 Å². The Morgan fingerprint density at radius 3 is 2.08 bits per heavy atom. The molecule has 4 nitrogen and oxygen atoms in total. The quantitative estimate of drug-likeness (QED) is 0.325. The number of allylic oxidation sites excluding steroid dienone is 2. The maximum absolute atomic E-state index is 13.3. The maximum Gasteiger partial charge on any atom is 0.163 e. The lowest BCUT2D eigenvalue weighted by molar-refractivity contribution is -0.121. The van der Waals surface area contributed by atoms with E-state index in [0.29, 0.717) is 35.8 Å². The highest BCUT2D eigenvalue weighted by molar-refractivity contribution is 5.98. The molecular formula is C34H42N2O2. The molecule has 3 N–H and O–H groups in total. The molecule has 6 atom stereocenters. The van der Waals surface area contributed by atoms with Crippen molar-refractivity contribution in [1.29, 1.82) is 0 Å². The topological polar surface area (TPSA) is 61.4 Å². The molecule has 4 unspecified atom stereocenters. The van der Waals surface area contributed by atoms with E-state index in [4.69, 9.17) is 0 Å². The predicted molar refractivity (Wildman–Crippen MR) is 152 cm³/mol. The second kappa shape index (κ2) is 11.5. The van der Waals surface area contributed by atoms with Gasteiger partial charge in [-0.1, -0.05) is 73.5 Å². The average Bonchev–Trinajstić information content (AvgIpc) is 3.64. The first kappa shape index (κ1) is 25.4. The number of nitrogens with one attached hydrogen (secondary N) is 2. The molecule has 200 valence electrons. The predicted octanol–water partition coefficient (Wildman–Crippen LogP) is 7.33. The molecular weight excluding hydrogens is 468 g/mol. The summed E-state index contributed by atoms with van der Waals surface area (Å²) in [5.41, 5.74) is 4.52. The summed E-state index contributed by atoms with van der Waals surface area (Å²) in [4.78, 5) is 13.3. The lowest BCUT2D eigenvalue weighted by atomic mass is 9.78. The van der Waals surface area contributed by atoms with Gasteiger partial charge in [-0.15, -0.1) is 0 Å². The van der Waals surface area contributed by atoms with Gasteiger partial charge in [0.1, 0.15) is 0 Å². The lowest BCUT2D eigenvalue weighted by Crippen LogP contribution is -2.36. The van der Waals surface area contributed by atoms with Crippen molar-refractivity contribution in [1.82, 2.24) is 10.6 Å². The largest absolute Gasteiger partial charge is 0.512 e. The molecule has 0 aliphatic heterocycles. The van der Waals surface area contributed by atoms with Crippen LogP contribution in [-0.4, -0.2) is 17.4 Å². The lowest BCUT2D eigenvalue weighted by Gasteiger charge is -2.33. The van der Waals surface area contributed by atoms with Crippen LogP contribution in [-0.2, 0) is 4.79 Å². The fraction of sp³-hybridized carbons (Fsp3) is 0.500. The second-order valence-electron chi connectivity index (χ2n) is 12.0. The Balaban J connectivity index is 1.28. The smallest absolute Gasteiger partial charge is 0.163 e. The van der Waals surface area contributed by atoms with Crippen LogP contribution in [0.4, 0.5) is 0 Å². The highest BCUT2D eigenvalue weighted by atomic mass is 16.3. The summed E-state index contributed by atoms with van der Waals surface area (Å²) < 4.78 is 0. The Morgan fingerprint density at radius 2 is 1.37 bits per heavy atom. The van der Waals surface area contributed by atoms with Gasteiger partial charge >= 0.3 is 0 Å². The van der Waals surface area contributed by atoms with Gasteiger partial charge in [-0.2, -0.15) is 0 Å². The van der Waals surface area contributed by atoms with E-state index in [-0.39, 0.29) is 18.0 Å². The molecule has 3 fully saturated rings. The highest BCUT2D eigenvalue weighted by Gasteiger charge is 2.38. The highest BCUT2D eigenvalue weighted by Crippen LogP contribution is 2.44.